The van der Waals surface area contributed by atoms with Gasteiger partial charge in [-0.1, -0.05) is 13.3 Å². The Hall–Kier alpha value is -0.860. The predicted molar refractivity (Wildman–Crippen MR) is 41.2 cm³/mol. The minimum Gasteiger partial charge on any atom is -0.393 e. The zero-order chi connectivity index (χ0) is 8.77. The summed E-state index contributed by atoms with van der Waals surface area (Å²) in [4.78, 5) is 22.3. The summed E-state index contributed by atoms with van der Waals surface area (Å²) in [6.07, 6.45) is 3.23. The molecular formula is C9H12O3. The van der Waals surface area contributed by atoms with E-state index in [-0.39, 0.29) is 11.9 Å². The van der Waals surface area contributed by atoms with Crippen molar-refractivity contribution >= 4 is 11.9 Å². The molecule has 0 N–H and O–H groups in total. The van der Waals surface area contributed by atoms with Crippen molar-refractivity contribution in [2.45, 2.75) is 32.6 Å². The van der Waals surface area contributed by atoms with Crippen molar-refractivity contribution in [3.8, 4) is 0 Å². The molecule has 1 heterocycles. The third-order valence-electron chi connectivity index (χ3n) is 3.28. The lowest BCUT2D eigenvalue weighted by molar-refractivity contribution is -0.155. The van der Waals surface area contributed by atoms with Crippen molar-refractivity contribution in [3.05, 3.63) is 0 Å². The predicted octanol–water partition coefficient (Wildman–Crippen LogP) is 1.27. The van der Waals surface area contributed by atoms with Gasteiger partial charge in [0, 0.05) is 0 Å². The van der Waals surface area contributed by atoms with E-state index in [9.17, 15) is 9.59 Å². The molecule has 2 rings (SSSR count). The van der Waals surface area contributed by atoms with E-state index in [1.54, 1.807) is 0 Å². The van der Waals surface area contributed by atoms with E-state index in [1.165, 1.54) is 0 Å². The number of hydrogen-bond donors (Lipinski definition) is 0. The zero-order valence-electron chi connectivity index (χ0n) is 7.13. The van der Waals surface area contributed by atoms with Gasteiger partial charge in [0.25, 0.3) is 0 Å². The molecule has 0 aromatic heterocycles. The lowest BCUT2D eigenvalue weighted by atomic mass is 9.77. The fourth-order valence-electron chi connectivity index (χ4n) is 2.38. The molecule has 1 saturated carbocycles. The average Bonchev–Trinajstić information content (AvgIpc) is 2.44. The normalized spacial score (nSPS) is 40.9. The van der Waals surface area contributed by atoms with Crippen molar-refractivity contribution in [3.63, 3.8) is 0 Å². The van der Waals surface area contributed by atoms with Crippen molar-refractivity contribution in [2.75, 3.05) is 0 Å². The van der Waals surface area contributed by atoms with Crippen LogP contribution in [0.2, 0.25) is 0 Å². The smallest absolute Gasteiger partial charge is 0.320 e. The van der Waals surface area contributed by atoms with Crippen LogP contribution in [0.25, 0.3) is 0 Å². The largest absolute Gasteiger partial charge is 0.393 e. The Bertz CT molecular complexity index is 246. The van der Waals surface area contributed by atoms with Crippen LogP contribution >= 0.6 is 0 Å². The van der Waals surface area contributed by atoms with Crippen molar-refractivity contribution in [1.82, 2.24) is 0 Å². The second-order valence-corrected chi connectivity index (χ2v) is 3.89. The van der Waals surface area contributed by atoms with Crippen LogP contribution in [0.3, 0.4) is 0 Å². The minimum atomic E-state index is -0.433. The minimum absolute atomic E-state index is 0.280. The molecule has 1 saturated heterocycles. The summed E-state index contributed by atoms with van der Waals surface area (Å²) in [5.74, 6) is -0.303. The number of esters is 2. The maximum atomic E-state index is 11.4. The Kier molecular flexibility index (Phi) is 1.50. The van der Waals surface area contributed by atoms with Crippen LogP contribution in [-0.2, 0) is 14.3 Å². The first kappa shape index (κ1) is 7.77. The van der Waals surface area contributed by atoms with Gasteiger partial charge in [-0.2, -0.15) is 0 Å². The highest BCUT2D eigenvalue weighted by atomic mass is 16.6. The van der Waals surface area contributed by atoms with Crippen LogP contribution in [0, 0.1) is 11.3 Å². The van der Waals surface area contributed by atoms with Gasteiger partial charge in [0.15, 0.2) is 0 Å². The van der Waals surface area contributed by atoms with E-state index in [4.69, 9.17) is 0 Å². The maximum absolute atomic E-state index is 11.4. The molecule has 2 aliphatic rings. The summed E-state index contributed by atoms with van der Waals surface area (Å²) in [6.45, 7) is 2.03. The topological polar surface area (TPSA) is 43.4 Å². The van der Waals surface area contributed by atoms with Gasteiger partial charge < -0.3 is 4.74 Å². The molecule has 3 nitrogen and oxygen atoms in total. The Morgan fingerprint density at radius 1 is 1.50 bits per heavy atom. The molecule has 0 aromatic rings. The summed E-state index contributed by atoms with van der Waals surface area (Å²) in [7, 11) is 0. The Morgan fingerprint density at radius 3 is 2.67 bits per heavy atom. The van der Waals surface area contributed by atoms with Gasteiger partial charge in [-0.25, -0.2) is 0 Å². The highest BCUT2D eigenvalue weighted by molar-refractivity contribution is 5.97. The molecule has 1 aliphatic heterocycles. The third kappa shape index (κ3) is 0.822. The number of hydrogen-bond acceptors (Lipinski definition) is 3. The lowest BCUT2D eigenvalue weighted by Crippen LogP contribution is -2.28. The van der Waals surface area contributed by atoms with Gasteiger partial charge in [-0.3, -0.25) is 9.59 Å². The Morgan fingerprint density at radius 2 is 2.25 bits per heavy atom. The van der Waals surface area contributed by atoms with Gasteiger partial charge in [-0.05, 0) is 18.8 Å². The van der Waals surface area contributed by atoms with Crippen molar-refractivity contribution in [2.24, 2.45) is 11.3 Å². The quantitative estimate of drug-likeness (QED) is 0.404. The first-order valence-electron chi connectivity index (χ1n) is 4.40. The van der Waals surface area contributed by atoms with Crippen LogP contribution in [0.1, 0.15) is 32.6 Å². The number of cyclic esters (lactones) is 2. The first-order chi connectivity index (χ1) is 5.65. The number of carbonyl (C=O) groups is 2. The van der Waals surface area contributed by atoms with Crippen molar-refractivity contribution < 1.29 is 14.3 Å². The molecule has 2 fully saturated rings. The first-order valence-corrected chi connectivity index (χ1v) is 4.40. The van der Waals surface area contributed by atoms with Gasteiger partial charge >= 0.3 is 11.9 Å². The molecule has 66 valence electrons. The van der Waals surface area contributed by atoms with Crippen LogP contribution in [0.15, 0.2) is 0 Å². The number of rotatable bonds is 0. The zero-order valence-corrected chi connectivity index (χ0v) is 7.13. The second-order valence-electron chi connectivity index (χ2n) is 3.89. The lowest BCUT2D eigenvalue weighted by Gasteiger charge is -2.21. The summed E-state index contributed by atoms with van der Waals surface area (Å²) >= 11 is 0. The third-order valence-corrected chi connectivity index (χ3v) is 3.28. The van der Waals surface area contributed by atoms with Gasteiger partial charge in [-0.15, -0.1) is 0 Å². The molecule has 2 unspecified atom stereocenters. The molecular weight excluding hydrogens is 156 g/mol. The number of ether oxygens (including phenoxy) is 1. The van der Waals surface area contributed by atoms with Gasteiger partial charge in [0.2, 0.25) is 0 Å². The number of carbonyl (C=O) groups excluding carboxylic acids is 2. The van der Waals surface area contributed by atoms with Gasteiger partial charge in [0.1, 0.15) is 0 Å². The second kappa shape index (κ2) is 2.31. The molecule has 0 radical (unpaired) electrons. The molecule has 12 heavy (non-hydrogen) atoms. The Labute approximate surface area is 71.1 Å². The average molecular weight is 168 g/mol. The van der Waals surface area contributed by atoms with E-state index < -0.39 is 5.41 Å². The van der Waals surface area contributed by atoms with E-state index in [1.807, 2.05) is 6.92 Å². The highest BCUT2D eigenvalue weighted by Crippen LogP contribution is 2.49. The summed E-state index contributed by atoms with van der Waals surface area (Å²) in [5, 5.41) is 0. The summed E-state index contributed by atoms with van der Waals surface area (Å²) in [5.41, 5.74) is -0.433. The maximum Gasteiger partial charge on any atom is 0.320 e. The van der Waals surface area contributed by atoms with E-state index in [2.05, 4.69) is 4.74 Å². The molecule has 0 aromatic carbocycles. The fraction of sp³-hybridized carbons (Fsp3) is 0.778. The Balaban J connectivity index is 2.31. The van der Waals surface area contributed by atoms with Crippen LogP contribution < -0.4 is 0 Å². The van der Waals surface area contributed by atoms with Gasteiger partial charge in [0.05, 0.1) is 11.8 Å². The van der Waals surface area contributed by atoms with Crippen LogP contribution in [0.4, 0.5) is 0 Å². The van der Waals surface area contributed by atoms with Crippen LogP contribution in [-0.4, -0.2) is 11.9 Å². The van der Waals surface area contributed by atoms with E-state index >= 15 is 0 Å². The van der Waals surface area contributed by atoms with Crippen molar-refractivity contribution in [1.29, 1.82) is 0 Å². The fourth-order valence-corrected chi connectivity index (χ4v) is 2.38. The SMILES string of the molecule is CC1CCCC12CC(=O)OC2=O. The molecule has 2 atom stereocenters. The molecule has 1 spiro atoms. The highest BCUT2D eigenvalue weighted by Gasteiger charge is 2.54. The standard InChI is InChI=1S/C9H12O3/c1-6-3-2-4-9(6)5-7(10)12-8(9)11/h6H,2-5H2,1H3. The van der Waals surface area contributed by atoms with E-state index in [0.29, 0.717) is 12.3 Å². The van der Waals surface area contributed by atoms with Crippen LogP contribution in [0.5, 0.6) is 0 Å². The van der Waals surface area contributed by atoms with E-state index in [0.717, 1.165) is 19.3 Å². The molecule has 0 amide bonds. The molecule has 0 bridgehead atoms. The summed E-state index contributed by atoms with van der Waals surface area (Å²) < 4.78 is 4.59. The molecule has 1 aliphatic carbocycles. The summed E-state index contributed by atoms with van der Waals surface area (Å²) in [6, 6.07) is 0. The molecule has 3 heteroatoms. The monoisotopic (exact) mass is 168 g/mol.